The van der Waals surface area contributed by atoms with Gasteiger partial charge < -0.3 is 14.2 Å². The van der Waals surface area contributed by atoms with Crippen molar-refractivity contribution in [1.82, 2.24) is 13.7 Å². The molecule has 0 saturated carbocycles. The van der Waals surface area contributed by atoms with Gasteiger partial charge in [0, 0.05) is 49.6 Å². The average molecular weight is 748 g/mol. The van der Waals surface area contributed by atoms with E-state index in [9.17, 15) is 28.8 Å². The fraction of sp³-hybridized carbons (Fsp3) is 0.778. The van der Waals surface area contributed by atoms with Crippen molar-refractivity contribution in [1.29, 1.82) is 0 Å². The molecule has 0 bridgehead atoms. The molecular formula is C27H45N3O9S6. The predicted molar refractivity (Wildman–Crippen MR) is 192 cm³/mol. The standard InChI is InChI=1S/C27H45N3O9S6/c1-4-7-10-19-40-43-25(34)37-16-13-28-22(31)29(14-17-38-26(35)44-41-20-11-8-5-2)24(33)30(23(28)32)15-18-39-27(36)45-42-21-12-9-6-3/h4-21H2,1-3H3. The van der Waals surface area contributed by atoms with Gasteiger partial charge in [0.25, 0.3) is 0 Å². The molecule has 1 heterocycles. The Morgan fingerprint density at radius 1 is 0.489 bits per heavy atom. The second-order valence-corrected chi connectivity index (χ2v) is 16.5. The second-order valence-electron chi connectivity index (χ2n) is 9.44. The molecule has 1 rings (SSSR count). The van der Waals surface area contributed by atoms with E-state index in [-0.39, 0.29) is 39.5 Å². The topological polar surface area (TPSA) is 145 Å². The number of unbranched alkanes of at least 4 members (excludes halogenated alkanes) is 6. The maximum Gasteiger partial charge on any atom is 0.378 e. The van der Waals surface area contributed by atoms with Crippen LogP contribution in [0, 0.1) is 0 Å². The summed E-state index contributed by atoms with van der Waals surface area (Å²) in [5.74, 6) is 2.39. The van der Waals surface area contributed by atoms with Gasteiger partial charge in [-0.3, -0.25) is 0 Å². The number of nitrogens with zero attached hydrogens (tertiary/aromatic N) is 3. The van der Waals surface area contributed by atoms with E-state index in [1.54, 1.807) is 0 Å². The fourth-order valence-electron chi connectivity index (χ4n) is 3.49. The van der Waals surface area contributed by atoms with Gasteiger partial charge in [-0.2, -0.15) is 0 Å². The Kier molecular flexibility index (Phi) is 25.1. The SMILES string of the molecule is CCCCCSSC(=O)OCCn1c(=O)n(CCOC(=O)SSCCCCC)c(=O)n(CCOC(=O)SSCCCCC)c1=O. The maximum absolute atomic E-state index is 13.2. The van der Waals surface area contributed by atoms with Gasteiger partial charge in [0.1, 0.15) is 19.8 Å². The summed E-state index contributed by atoms with van der Waals surface area (Å²) in [6.45, 7) is 4.59. The molecule has 0 spiro atoms. The van der Waals surface area contributed by atoms with E-state index < -0.39 is 33.0 Å². The van der Waals surface area contributed by atoms with Gasteiger partial charge in [-0.15, -0.1) is 0 Å². The van der Waals surface area contributed by atoms with Crippen molar-refractivity contribution in [3.63, 3.8) is 0 Å². The Morgan fingerprint density at radius 3 is 1.00 bits per heavy atom. The fourth-order valence-corrected chi connectivity index (χ4v) is 8.50. The molecule has 0 aliphatic rings. The van der Waals surface area contributed by atoms with Crippen LogP contribution in [-0.2, 0) is 33.8 Å². The molecular weight excluding hydrogens is 703 g/mol. The normalized spacial score (nSPS) is 11.0. The molecule has 0 aliphatic carbocycles. The van der Waals surface area contributed by atoms with Crippen molar-refractivity contribution in [2.45, 2.75) is 98.2 Å². The van der Waals surface area contributed by atoms with Crippen molar-refractivity contribution < 1.29 is 28.6 Å². The molecule has 12 nitrogen and oxygen atoms in total. The van der Waals surface area contributed by atoms with E-state index in [0.29, 0.717) is 0 Å². The van der Waals surface area contributed by atoms with Gasteiger partial charge in [0.2, 0.25) is 0 Å². The van der Waals surface area contributed by atoms with Gasteiger partial charge in [-0.25, -0.2) is 42.5 Å². The van der Waals surface area contributed by atoms with E-state index in [0.717, 1.165) is 121 Å². The Balaban J connectivity index is 2.89. The monoisotopic (exact) mass is 747 g/mol. The molecule has 0 N–H and O–H groups in total. The lowest BCUT2D eigenvalue weighted by molar-refractivity contribution is 0.162. The lowest BCUT2D eigenvalue weighted by atomic mass is 10.3. The van der Waals surface area contributed by atoms with Crippen LogP contribution in [0.15, 0.2) is 14.4 Å². The number of carbonyl (C=O) groups is 3. The minimum atomic E-state index is -0.924. The van der Waals surface area contributed by atoms with Crippen LogP contribution in [-0.4, -0.2) is 66.7 Å². The van der Waals surface area contributed by atoms with Gasteiger partial charge in [-0.1, -0.05) is 91.7 Å². The number of ether oxygens (including phenoxy) is 3. The Morgan fingerprint density at radius 2 is 0.756 bits per heavy atom. The summed E-state index contributed by atoms with van der Waals surface area (Å²) in [4.78, 5) is 75.7. The van der Waals surface area contributed by atoms with Gasteiger partial charge in [-0.05, 0) is 19.3 Å². The van der Waals surface area contributed by atoms with Crippen LogP contribution in [0.2, 0.25) is 0 Å². The summed E-state index contributed by atoms with van der Waals surface area (Å²) in [6, 6.07) is 0. The number of hydrogen-bond donors (Lipinski definition) is 0. The van der Waals surface area contributed by atoms with Crippen LogP contribution in [0.4, 0.5) is 14.4 Å². The van der Waals surface area contributed by atoms with Crippen LogP contribution < -0.4 is 17.1 Å². The third kappa shape index (κ3) is 18.7. The van der Waals surface area contributed by atoms with Crippen LogP contribution in [0.3, 0.4) is 0 Å². The second kappa shape index (κ2) is 26.9. The highest BCUT2D eigenvalue weighted by Crippen LogP contribution is 2.26. The highest BCUT2D eigenvalue weighted by atomic mass is 33.1. The molecule has 0 atom stereocenters. The van der Waals surface area contributed by atoms with Gasteiger partial charge >= 0.3 is 33.0 Å². The predicted octanol–water partition coefficient (Wildman–Crippen LogP) is 7.30. The Labute approximate surface area is 288 Å². The minimum absolute atomic E-state index is 0.267. The zero-order valence-corrected chi connectivity index (χ0v) is 31.1. The van der Waals surface area contributed by atoms with Crippen molar-refractivity contribution in [3.8, 4) is 0 Å². The summed E-state index contributed by atoms with van der Waals surface area (Å²) >= 11 is 0. The van der Waals surface area contributed by atoms with Crippen LogP contribution >= 0.6 is 64.8 Å². The molecule has 0 amide bonds. The average Bonchev–Trinajstić information content (AvgIpc) is 3.01. The lowest BCUT2D eigenvalue weighted by Gasteiger charge is -2.14. The van der Waals surface area contributed by atoms with Crippen molar-refractivity contribution in [2.75, 3.05) is 37.1 Å². The largest absolute Gasteiger partial charge is 0.455 e. The van der Waals surface area contributed by atoms with E-state index in [2.05, 4.69) is 20.8 Å². The highest BCUT2D eigenvalue weighted by molar-refractivity contribution is 8.82. The van der Waals surface area contributed by atoms with Crippen molar-refractivity contribution >= 4 is 80.7 Å². The van der Waals surface area contributed by atoms with E-state index in [1.807, 2.05) is 0 Å². The minimum Gasteiger partial charge on any atom is -0.455 e. The van der Waals surface area contributed by atoms with Crippen LogP contribution in [0.25, 0.3) is 0 Å². The first-order chi connectivity index (χ1) is 21.8. The Hall–Kier alpha value is -1.08. The van der Waals surface area contributed by atoms with Crippen LogP contribution in [0.5, 0.6) is 0 Å². The first-order valence-electron chi connectivity index (χ1n) is 15.1. The molecule has 0 saturated heterocycles. The highest BCUT2D eigenvalue weighted by Gasteiger charge is 2.18. The van der Waals surface area contributed by atoms with E-state index in [4.69, 9.17) is 14.2 Å². The molecule has 1 aromatic rings. The molecule has 0 radical (unpaired) electrons. The third-order valence-electron chi connectivity index (χ3n) is 5.86. The molecule has 18 heteroatoms. The zero-order chi connectivity index (χ0) is 33.3. The number of hydrogen-bond acceptors (Lipinski definition) is 15. The number of aromatic nitrogens is 3. The quantitative estimate of drug-likeness (QED) is 0.0451. The first-order valence-corrected chi connectivity index (χ1v) is 22.0. The maximum atomic E-state index is 13.2. The summed E-state index contributed by atoms with van der Waals surface area (Å²) < 4.78 is 17.9. The van der Waals surface area contributed by atoms with Crippen molar-refractivity contribution in [3.05, 3.63) is 31.5 Å². The molecule has 0 fully saturated rings. The summed E-state index contributed by atoms with van der Waals surface area (Å²) in [7, 11) is 6.97. The van der Waals surface area contributed by atoms with Crippen LogP contribution in [0.1, 0.15) is 78.6 Å². The van der Waals surface area contributed by atoms with Gasteiger partial charge in [0.05, 0.1) is 19.6 Å². The summed E-state index contributed by atoms with van der Waals surface area (Å²) in [5.41, 5.74) is -2.77. The molecule has 0 aromatic carbocycles. The first kappa shape index (κ1) is 41.9. The van der Waals surface area contributed by atoms with E-state index >= 15 is 0 Å². The molecule has 258 valence electrons. The molecule has 1 aromatic heterocycles. The van der Waals surface area contributed by atoms with E-state index in [1.165, 1.54) is 32.4 Å². The molecule has 0 aliphatic heterocycles. The summed E-state index contributed by atoms with van der Waals surface area (Å²) in [6.07, 6.45) is 9.37. The van der Waals surface area contributed by atoms with Gasteiger partial charge in [0.15, 0.2) is 0 Å². The number of carbonyl (C=O) groups excluding carboxylic acids is 3. The third-order valence-corrected chi connectivity index (χ3v) is 12.1. The molecule has 0 unspecified atom stereocenters. The number of rotatable bonds is 24. The van der Waals surface area contributed by atoms with Crippen molar-refractivity contribution in [2.24, 2.45) is 0 Å². The molecule has 45 heavy (non-hydrogen) atoms. The smallest absolute Gasteiger partial charge is 0.378 e. The Bertz CT molecular complexity index is 1020. The zero-order valence-electron chi connectivity index (χ0n) is 26.2. The summed E-state index contributed by atoms with van der Waals surface area (Å²) in [5, 5.41) is -1.65. The lowest BCUT2D eigenvalue weighted by Crippen LogP contribution is -2.55.